The molecule has 0 aliphatic carbocycles. The molecule has 2 amide bonds. The van der Waals surface area contributed by atoms with Gasteiger partial charge in [-0.1, -0.05) is 24.3 Å². The van der Waals surface area contributed by atoms with Gasteiger partial charge in [0.2, 0.25) is 5.91 Å². The Morgan fingerprint density at radius 2 is 2.04 bits per heavy atom. The molecular formula is C17H13N3O2S. The highest BCUT2D eigenvalue weighted by atomic mass is 32.1. The van der Waals surface area contributed by atoms with E-state index in [1.165, 1.54) is 16.4 Å². The second kappa shape index (κ2) is 5.17. The molecule has 0 bridgehead atoms. The highest BCUT2D eigenvalue weighted by Crippen LogP contribution is 2.35. The predicted molar refractivity (Wildman–Crippen MR) is 91.1 cm³/mol. The van der Waals surface area contributed by atoms with Crippen LogP contribution in [0.5, 0.6) is 0 Å². The lowest BCUT2D eigenvalue weighted by Gasteiger charge is -2.21. The van der Waals surface area contributed by atoms with Gasteiger partial charge in [0.1, 0.15) is 6.54 Å². The Kier molecular flexibility index (Phi) is 3.12. The van der Waals surface area contributed by atoms with E-state index in [9.17, 15) is 9.59 Å². The van der Waals surface area contributed by atoms with Crippen molar-refractivity contribution >= 4 is 45.5 Å². The number of carbonyl (C=O) groups is 2. The van der Waals surface area contributed by atoms with Gasteiger partial charge in [-0.15, -0.1) is 0 Å². The van der Waals surface area contributed by atoms with E-state index < -0.39 is 0 Å². The minimum atomic E-state index is -0.206. The van der Waals surface area contributed by atoms with Crippen LogP contribution >= 0.6 is 11.5 Å². The van der Waals surface area contributed by atoms with Gasteiger partial charge >= 0.3 is 0 Å². The number of rotatable bonds is 1. The van der Waals surface area contributed by atoms with Crippen molar-refractivity contribution in [2.75, 3.05) is 16.8 Å². The number of aromatic nitrogens is 1. The van der Waals surface area contributed by atoms with Gasteiger partial charge in [0.05, 0.1) is 22.6 Å². The molecule has 0 spiro atoms. The fourth-order valence-electron chi connectivity index (χ4n) is 2.89. The minimum absolute atomic E-state index is 0.0120. The van der Waals surface area contributed by atoms with Gasteiger partial charge < -0.3 is 5.32 Å². The molecule has 3 aromatic rings. The summed E-state index contributed by atoms with van der Waals surface area (Å²) in [6.45, 7) is 1.79. The molecule has 0 fully saturated rings. The lowest BCUT2D eigenvalue weighted by Crippen LogP contribution is -2.37. The Morgan fingerprint density at radius 1 is 1.26 bits per heavy atom. The van der Waals surface area contributed by atoms with Crippen LogP contribution < -0.4 is 10.2 Å². The van der Waals surface area contributed by atoms with Crippen molar-refractivity contribution in [2.45, 2.75) is 6.92 Å². The molecule has 2 heterocycles. The van der Waals surface area contributed by atoms with Gasteiger partial charge in [-0.05, 0) is 36.0 Å². The van der Waals surface area contributed by atoms with Gasteiger partial charge in [0, 0.05) is 10.8 Å². The lowest BCUT2D eigenvalue weighted by atomic mass is 10.1. The van der Waals surface area contributed by atoms with E-state index in [2.05, 4.69) is 9.69 Å². The third-order valence-corrected chi connectivity index (χ3v) is 4.70. The maximum Gasteiger partial charge on any atom is 0.261 e. The molecule has 114 valence electrons. The highest BCUT2D eigenvalue weighted by molar-refractivity contribution is 7.04. The van der Waals surface area contributed by atoms with Gasteiger partial charge in [-0.2, -0.15) is 4.37 Å². The number of hydrogen-bond donors (Lipinski definition) is 1. The van der Waals surface area contributed by atoms with Crippen molar-refractivity contribution in [3.05, 3.63) is 53.0 Å². The quantitative estimate of drug-likeness (QED) is 0.748. The summed E-state index contributed by atoms with van der Waals surface area (Å²) in [5.41, 5.74) is 2.70. The Bertz CT molecular complexity index is 943. The Morgan fingerprint density at radius 3 is 2.78 bits per heavy atom. The largest absolute Gasteiger partial charge is 0.324 e. The van der Waals surface area contributed by atoms with Crippen LogP contribution in [0.4, 0.5) is 11.4 Å². The molecule has 0 unspecified atom stereocenters. The molecule has 6 heteroatoms. The summed E-state index contributed by atoms with van der Waals surface area (Å²) >= 11 is 1.24. The van der Waals surface area contributed by atoms with E-state index >= 15 is 0 Å². The minimum Gasteiger partial charge on any atom is -0.324 e. The number of anilines is 2. The monoisotopic (exact) mass is 323 g/mol. The summed E-state index contributed by atoms with van der Waals surface area (Å²) in [4.78, 5) is 26.7. The number of nitrogens with one attached hydrogen (secondary N) is 1. The third-order valence-electron chi connectivity index (χ3n) is 3.97. The average molecular weight is 323 g/mol. The number of carbonyl (C=O) groups excluding carboxylic acids is 2. The summed E-state index contributed by atoms with van der Waals surface area (Å²) in [6, 6.07) is 11.5. The normalized spacial score (nSPS) is 13.8. The lowest BCUT2D eigenvalue weighted by molar-refractivity contribution is -0.114. The van der Waals surface area contributed by atoms with Gasteiger partial charge in [-0.3, -0.25) is 14.5 Å². The van der Waals surface area contributed by atoms with Crippen LogP contribution in [0.25, 0.3) is 10.8 Å². The molecule has 0 saturated carbocycles. The first-order valence-electron chi connectivity index (χ1n) is 7.19. The summed E-state index contributed by atoms with van der Waals surface area (Å²) in [5.74, 6) is -0.404. The maximum absolute atomic E-state index is 12.9. The summed E-state index contributed by atoms with van der Waals surface area (Å²) in [7, 11) is 0. The van der Waals surface area contributed by atoms with Gasteiger partial charge in [0.15, 0.2) is 0 Å². The topological polar surface area (TPSA) is 62.3 Å². The molecule has 5 nitrogen and oxygen atoms in total. The van der Waals surface area contributed by atoms with E-state index in [1.54, 1.807) is 12.3 Å². The number of amides is 2. The molecule has 1 aliphatic heterocycles. The second-order valence-electron chi connectivity index (χ2n) is 5.43. The van der Waals surface area contributed by atoms with E-state index in [1.807, 2.05) is 36.4 Å². The van der Waals surface area contributed by atoms with Gasteiger partial charge in [0.25, 0.3) is 5.91 Å². The average Bonchev–Trinajstić information content (AvgIpc) is 2.91. The van der Waals surface area contributed by atoms with Crippen LogP contribution in [0.2, 0.25) is 0 Å². The standard InChI is InChI=1S/C17H13N3O2S/c1-10-12(9-23-19-10)17(22)20-8-15(21)18-13-6-2-4-11-5-3-7-14(20)16(11)13/h2-7,9H,8H2,1H3,(H,18,21). The first-order valence-corrected chi connectivity index (χ1v) is 8.03. The SMILES string of the molecule is Cc1nscc1C(=O)N1CC(=O)Nc2cccc3cccc1c23. The van der Waals surface area contributed by atoms with Crippen LogP contribution in [-0.2, 0) is 4.79 Å². The number of aryl methyl sites for hydroxylation is 1. The van der Waals surface area contributed by atoms with Crippen LogP contribution in [0.1, 0.15) is 16.1 Å². The molecule has 0 radical (unpaired) electrons. The van der Waals surface area contributed by atoms with Crippen LogP contribution in [-0.4, -0.2) is 22.7 Å². The zero-order valence-electron chi connectivity index (χ0n) is 12.4. The Hall–Kier alpha value is -2.73. The zero-order chi connectivity index (χ0) is 16.0. The number of nitrogens with zero attached hydrogens (tertiary/aromatic N) is 2. The fraction of sp³-hybridized carbons (Fsp3) is 0.118. The molecular weight excluding hydrogens is 310 g/mol. The van der Waals surface area contributed by atoms with E-state index in [4.69, 9.17) is 0 Å². The third kappa shape index (κ3) is 2.19. The maximum atomic E-state index is 12.9. The molecule has 0 saturated heterocycles. The van der Waals surface area contributed by atoms with E-state index in [0.29, 0.717) is 11.3 Å². The van der Waals surface area contributed by atoms with Crippen molar-refractivity contribution in [1.82, 2.24) is 4.37 Å². The first-order chi connectivity index (χ1) is 11.1. The highest BCUT2D eigenvalue weighted by Gasteiger charge is 2.27. The van der Waals surface area contributed by atoms with Crippen LogP contribution in [0.3, 0.4) is 0 Å². The van der Waals surface area contributed by atoms with E-state index in [-0.39, 0.29) is 18.4 Å². The second-order valence-corrected chi connectivity index (χ2v) is 6.06. The Balaban J connectivity index is 1.94. The predicted octanol–water partition coefficient (Wildman–Crippen LogP) is 3.20. The van der Waals surface area contributed by atoms with Crippen molar-refractivity contribution in [3.8, 4) is 0 Å². The Labute approximate surface area is 136 Å². The molecule has 23 heavy (non-hydrogen) atoms. The fourth-order valence-corrected chi connectivity index (χ4v) is 3.58. The summed E-state index contributed by atoms with van der Waals surface area (Å²) < 4.78 is 4.16. The molecule has 1 aliphatic rings. The smallest absolute Gasteiger partial charge is 0.261 e. The van der Waals surface area contributed by atoms with Crippen LogP contribution in [0.15, 0.2) is 41.8 Å². The van der Waals surface area contributed by atoms with Crippen LogP contribution in [0, 0.1) is 6.92 Å². The van der Waals surface area contributed by atoms with Crippen molar-refractivity contribution in [1.29, 1.82) is 0 Å². The molecule has 4 rings (SSSR count). The molecule has 2 aromatic carbocycles. The van der Waals surface area contributed by atoms with E-state index in [0.717, 1.165) is 22.1 Å². The first kappa shape index (κ1) is 13.9. The summed E-state index contributed by atoms with van der Waals surface area (Å²) in [5, 5.41) is 6.48. The summed E-state index contributed by atoms with van der Waals surface area (Å²) in [6.07, 6.45) is 0. The van der Waals surface area contributed by atoms with Crippen molar-refractivity contribution in [3.63, 3.8) is 0 Å². The molecule has 1 aromatic heterocycles. The van der Waals surface area contributed by atoms with Crippen molar-refractivity contribution < 1.29 is 9.59 Å². The molecule has 1 N–H and O–H groups in total. The molecule has 0 atom stereocenters. The number of benzene rings is 2. The van der Waals surface area contributed by atoms with Gasteiger partial charge in [-0.25, -0.2) is 0 Å². The zero-order valence-corrected chi connectivity index (χ0v) is 13.2. The van der Waals surface area contributed by atoms with Crippen molar-refractivity contribution in [2.24, 2.45) is 0 Å². The number of hydrogen-bond acceptors (Lipinski definition) is 4.